The summed E-state index contributed by atoms with van der Waals surface area (Å²) < 4.78 is 1.99. The van der Waals surface area contributed by atoms with E-state index in [4.69, 9.17) is 0 Å². The van der Waals surface area contributed by atoms with Crippen LogP contribution in [0.2, 0.25) is 0 Å². The zero-order valence-electron chi connectivity index (χ0n) is 13.4. The van der Waals surface area contributed by atoms with Gasteiger partial charge in [-0.3, -0.25) is 9.36 Å². The van der Waals surface area contributed by atoms with Crippen LogP contribution in [0.1, 0.15) is 10.4 Å². The van der Waals surface area contributed by atoms with Crippen LogP contribution in [-0.4, -0.2) is 28.0 Å². The Morgan fingerprint density at radius 3 is 2.58 bits per heavy atom. The number of hydrogen-bond donors (Lipinski definition) is 1. The summed E-state index contributed by atoms with van der Waals surface area (Å²) in [5, 5.41) is 3.85. The summed E-state index contributed by atoms with van der Waals surface area (Å²) in [6.07, 6.45) is 7.68. The van der Waals surface area contributed by atoms with Crippen molar-refractivity contribution >= 4 is 35.1 Å². The molecule has 1 amide bonds. The van der Waals surface area contributed by atoms with Gasteiger partial charge in [0.1, 0.15) is 0 Å². The molecule has 0 aliphatic carbocycles. The predicted octanol–water partition coefficient (Wildman–Crippen LogP) is 4.57. The van der Waals surface area contributed by atoms with E-state index < -0.39 is 0 Å². The van der Waals surface area contributed by atoms with Gasteiger partial charge in [-0.15, -0.1) is 11.8 Å². The lowest BCUT2D eigenvalue weighted by Crippen LogP contribution is -2.11. The molecule has 0 aliphatic rings. The topological polar surface area (TPSA) is 46.9 Å². The molecule has 0 radical (unpaired) electrons. The molecule has 0 saturated carbocycles. The van der Waals surface area contributed by atoms with Gasteiger partial charge in [0, 0.05) is 34.2 Å². The fourth-order valence-corrected chi connectivity index (χ4v) is 3.30. The average Bonchev–Trinajstić information content (AvgIpc) is 3.10. The number of rotatable bonds is 5. The standard InChI is InChI=1S/C18H17N3OS2/c1-23-16-5-3-4-14(12-16)20-17(22)13-6-8-15(9-7-13)21-11-10-19-18(21)24-2/h3-12H,1-2H3,(H,20,22). The van der Waals surface area contributed by atoms with E-state index in [1.807, 2.05) is 71.8 Å². The van der Waals surface area contributed by atoms with E-state index >= 15 is 0 Å². The molecule has 4 nitrogen and oxygen atoms in total. The van der Waals surface area contributed by atoms with Crippen molar-refractivity contribution < 1.29 is 4.79 Å². The molecule has 24 heavy (non-hydrogen) atoms. The SMILES string of the molecule is CSc1cccc(NC(=O)c2ccc(-n3ccnc3SC)cc2)c1. The van der Waals surface area contributed by atoms with Crippen molar-refractivity contribution in [2.45, 2.75) is 10.1 Å². The maximum absolute atomic E-state index is 12.4. The first-order valence-electron chi connectivity index (χ1n) is 7.34. The number of hydrogen-bond acceptors (Lipinski definition) is 4. The Morgan fingerprint density at radius 2 is 1.88 bits per heavy atom. The van der Waals surface area contributed by atoms with Crippen LogP contribution in [0, 0.1) is 0 Å². The Kier molecular flexibility index (Phi) is 5.27. The number of anilines is 1. The van der Waals surface area contributed by atoms with Crippen LogP contribution in [0.3, 0.4) is 0 Å². The summed E-state index contributed by atoms with van der Waals surface area (Å²) in [6.45, 7) is 0. The first-order valence-corrected chi connectivity index (χ1v) is 9.79. The van der Waals surface area contributed by atoms with Crippen LogP contribution in [0.5, 0.6) is 0 Å². The van der Waals surface area contributed by atoms with Gasteiger partial charge in [-0.2, -0.15) is 0 Å². The van der Waals surface area contributed by atoms with Crippen LogP contribution in [0.4, 0.5) is 5.69 Å². The minimum absolute atomic E-state index is 0.115. The van der Waals surface area contributed by atoms with Gasteiger partial charge in [-0.1, -0.05) is 17.8 Å². The second-order valence-electron chi connectivity index (χ2n) is 5.02. The molecule has 0 bridgehead atoms. The molecule has 0 spiro atoms. The van der Waals surface area contributed by atoms with Crippen molar-refractivity contribution in [3.05, 3.63) is 66.5 Å². The molecule has 2 aromatic carbocycles. The third-order valence-corrected chi connectivity index (χ3v) is 4.92. The molecule has 0 fully saturated rings. The molecule has 122 valence electrons. The second kappa shape index (κ2) is 7.59. The smallest absolute Gasteiger partial charge is 0.255 e. The first kappa shape index (κ1) is 16.7. The first-order chi connectivity index (χ1) is 11.7. The monoisotopic (exact) mass is 355 g/mol. The minimum atomic E-state index is -0.115. The van der Waals surface area contributed by atoms with E-state index in [0.29, 0.717) is 5.56 Å². The molecular weight excluding hydrogens is 338 g/mol. The highest BCUT2D eigenvalue weighted by molar-refractivity contribution is 7.98. The van der Waals surface area contributed by atoms with Crippen molar-refractivity contribution in [2.24, 2.45) is 0 Å². The lowest BCUT2D eigenvalue weighted by Gasteiger charge is -2.09. The zero-order chi connectivity index (χ0) is 16.9. The lowest BCUT2D eigenvalue weighted by atomic mass is 10.2. The van der Waals surface area contributed by atoms with Gasteiger partial charge in [-0.25, -0.2) is 4.98 Å². The maximum Gasteiger partial charge on any atom is 0.255 e. The molecule has 1 heterocycles. The van der Waals surface area contributed by atoms with Gasteiger partial charge in [0.2, 0.25) is 0 Å². The maximum atomic E-state index is 12.4. The number of carbonyl (C=O) groups excluding carboxylic acids is 1. The summed E-state index contributed by atoms with van der Waals surface area (Å²) in [6, 6.07) is 15.3. The third kappa shape index (κ3) is 3.66. The fraction of sp³-hybridized carbons (Fsp3) is 0.111. The molecule has 3 aromatic rings. The zero-order valence-corrected chi connectivity index (χ0v) is 15.0. The summed E-state index contributed by atoms with van der Waals surface area (Å²) in [7, 11) is 0. The number of nitrogens with one attached hydrogen (secondary N) is 1. The fourth-order valence-electron chi connectivity index (χ4n) is 2.31. The van der Waals surface area contributed by atoms with Gasteiger partial charge >= 0.3 is 0 Å². The largest absolute Gasteiger partial charge is 0.322 e. The summed E-state index contributed by atoms with van der Waals surface area (Å²) in [5.41, 5.74) is 2.41. The van der Waals surface area contributed by atoms with Crippen molar-refractivity contribution in [2.75, 3.05) is 17.8 Å². The summed E-state index contributed by atoms with van der Waals surface area (Å²) in [5.74, 6) is -0.115. The van der Waals surface area contributed by atoms with Crippen molar-refractivity contribution in [1.82, 2.24) is 9.55 Å². The van der Waals surface area contributed by atoms with E-state index in [0.717, 1.165) is 21.4 Å². The van der Waals surface area contributed by atoms with E-state index in [1.54, 1.807) is 29.7 Å². The number of amides is 1. The third-order valence-electron chi connectivity index (χ3n) is 3.52. The molecule has 0 saturated heterocycles. The average molecular weight is 355 g/mol. The highest BCUT2D eigenvalue weighted by Crippen LogP contribution is 2.21. The van der Waals surface area contributed by atoms with Crippen molar-refractivity contribution in [3.8, 4) is 5.69 Å². The summed E-state index contributed by atoms with van der Waals surface area (Å²) in [4.78, 5) is 17.8. The van der Waals surface area contributed by atoms with E-state index in [9.17, 15) is 4.79 Å². The van der Waals surface area contributed by atoms with Crippen LogP contribution >= 0.6 is 23.5 Å². The Labute approximate surface area is 149 Å². The molecule has 1 aromatic heterocycles. The van der Waals surface area contributed by atoms with E-state index in [2.05, 4.69) is 10.3 Å². The number of imidazole rings is 1. The van der Waals surface area contributed by atoms with Crippen molar-refractivity contribution in [3.63, 3.8) is 0 Å². The number of thioether (sulfide) groups is 2. The number of carbonyl (C=O) groups is 1. The van der Waals surface area contributed by atoms with E-state index in [1.165, 1.54) is 0 Å². The highest BCUT2D eigenvalue weighted by atomic mass is 32.2. The van der Waals surface area contributed by atoms with Gasteiger partial charge < -0.3 is 5.32 Å². The Hall–Kier alpha value is -2.18. The molecule has 0 unspecified atom stereocenters. The number of benzene rings is 2. The molecule has 0 atom stereocenters. The molecule has 1 N–H and O–H groups in total. The normalized spacial score (nSPS) is 10.6. The van der Waals surface area contributed by atoms with Gasteiger partial charge in [0.15, 0.2) is 5.16 Å². The van der Waals surface area contributed by atoms with Gasteiger partial charge in [0.05, 0.1) is 0 Å². The molecule has 3 rings (SSSR count). The lowest BCUT2D eigenvalue weighted by molar-refractivity contribution is 0.102. The van der Waals surface area contributed by atoms with E-state index in [-0.39, 0.29) is 5.91 Å². The Balaban J connectivity index is 1.76. The van der Waals surface area contributed by atoms with Crippen molar-refractivity contribution in [1.29, 1.82) is 0 Å². The van der Waals surface area contributed by atoms with Gasteiger partial charge in [-0.05, 0) is 55.0 Å². The quantitative estimate of drug-likeness (QED) is 0.681. The molecular formula is C18H17N3OS2. The van der Waals surface area contributed by atoms with Crippen LogP contribution in [0.25, 0.3) is 5.69 Å². The van der Waals surface area contributed by atoms with Crippen LogP contribution < -0.4 is 5.32 Å². The Bertz CT molecular complexity index is 843. The molecule has 0 aliphatic heterocycles. The Morgan fingerprint density at radius 1 is 1.08 bits per heavy atom. The van der Waals surface area contributed by atoms with Crippen LogP contribution in [-0.2, 0) is 0 Å². The highest BCUT2D eigenvalue weighted by Gasteiger charge is 2.08. The molecule has 6 heteroatoms. The van der Waals surface area contributed by atoms with Gasteiger partial charge in [0.25, 0.3) is 5.91 Å². The minimum Gasteiger partial charge on any atom is -0.322 e. The number of aromatic nitrogens is 2. The predicted molar refractivity (Wildman–Crippen MR) is 102 cm³/mol. The number of nitrogens with zero attached hydrogens (tertiary/aromatic N) is 2. The second-order valence-corrected chi connectivity index (χ2v) is 6.67. The summed E-state index contributed by atoms with van der Waals surface area (Å²) >= 11 is 3.23. The van der Waals surface area contributed by atoms with Crippen LogP contribution in [0.15, 0.2) is 71.0 Å².